The highest BCUT2D eigenvalue weighted by atomic mass is 32.2. The van der Waals surface area contributed by atoms with Crippen LogP contribution in [0.25, 0.3) is 5.69 Å². The van der Waals surface area contributed by atoms with Gasteiger partial charge in [0.05, 0.1) is 5.75 Å². The van der Waals surface area contributed by atoms with Crippen molar-refractivity contribution in [1.82, 2.24) is 14.8 Å². The lowest BCUT2D eigenvalue weighted by Gasteiger charge is -2.14. The summed E-state index contributed by atoms with van der Waals surface area (Å²) in [5.74, 6) is 1.66. The third kappa shape index (κ3) is 5.48. The second-order valence-corrected chi connectivity index (χ2v) is 9.17. The van der Waals surface area contributed by atoms with E-state index in [4.69, 9.17) is 4.74 Å². The highest BCUT2D eigenvalue weighted by molar-refractivity contribution is 7.99. The van der Waals surface area contributed by atoms with Crippen molar-refractivity contribution < 1.29 is 9.53 Å². The van der Waals surface area contributed by atoms with Gasteiger partial charge in [0.2, 0.25) is 5.91 Å². The Morgan fingerprint density at radius 2 is 1.56 bits per heavy atom. The molecule has 0 spiro atoms. The molecule has 0 aliphatic carbocycles. The molecule has 1 heterocycles. The third-order valence-electron chi connectivity index (χ3n) is 5.50. The van der Waals surface area contributed by atoms with Crippen LogP contribution in [-0.4, -0.2) is 26.4 Å². The fourth-order valence-electron chi connectivity index (χ4n) is 3.63. The van der Waals surface area contributed by atoms with E-state index < -0.39 is 0 Å². The van der Waals surface area contributed by atoms with Crippen LogP contribution in [0, 0.1) is 27.7 Å². The van der Waals surface area contributed by atoms with Crippen LogP contribution in [0.3, 0.4) is 0 Å². The molecule has 3 aromatic carbocycles. The second-order valence-electron chi connectivity index (χ2n) is 8.23. The molecular weight excluding hydrogens is 444 g/mol. The second kappa shape index (κ2) is 10.6. The van der Waals surface area contributed by atoms with Crippen LogP contribution in [0.4, 0.5) is 5.69 Å². The predicted octanol–water partition coefficient (Wildman–Crippen LogP) is 5.81. The Labute approximate surface area is 204 Å². The van der Waals surface area contributed by atoms with Crippen LogP contribution in [0.15, 0.2) is 71.9 Å². The van der Waals surface area contributed by atoms with Crippen molar-refractivity contribution >= 4 is 23.4 Å². The zero-order chi connectivity index (χ0) is 24.1. The molecule has 0 radical (unpaired) electrons. The van der Waals surface area contributed by atoms with Crippen molar-refractivity contribution in [2.75, 3.05) is 11.1 Å². The molecule has 0 saturated carbocycles. The first kappa shape index (κ1) is 23.6. The summed E-state index contributed by atoms with van der Waals surface area (Å²) in [4.78, 5) is 12.6. The predicted molar refractivity (Wildman–Crippen MR) is 137 cm³/mol. The smallest absolute Gasteiger partial charge is 0.234 e. The minimum absolute atomic E-state index is 0.0916. The van der Waals surface area contributed by atoms with Gasteiger partial charge in [0, 0.05) is 11.4 Å². The Balaban J connectivity index is 1.55. The number of nitrogens with zero attached hydrogens (tertiary/aromatic N) is 3. The van der Waals surface area contributed by atoms with Crippen molar-refractivity contribution in [3.8, 4) is 11.4 Å². The summed E-state index contributed by atoms with van der Waals surface area (Å²) < 4.78 is 8.12. The number of rotatable bonds is 8. The molecular formula is C27H28N4O2S. The van der Waals surface area contributed by atoms with Gasteiger partial charge in [-0.25, -0.2) is 0 Å². The Kier molecular flexibility index (Phi) is 7.33. The van der Waals surface area contributed by atoms with Gasteiger partial charge in [-0.3, -0.25) is 9.36 Å². The Hall–Kier alpha value is -3.58. The van der Waals surface area contributed by atoms with Crippen molar-refractivity contribution in [1.29, 1.82) is 0 Å². The van der Waals surface area contributed by atoms with Crippen molar-refractivity contribution in [3.05, 3.63) is 94.8 Å². The van der Waals surface area contributed by atoms with E-state index in [1.54, 1.807) is 0 Å². The van der Waals surface area contributed by atoms with Gasteiger partial charge in [-0.2, -0.15) is 0 Å². The topological polar surface area (TPSA) is 69.0 Å². The summed E-state index contributed by atoms with van der Waals surface area (Å²) in [6, 6.07) is 22.0. The lowest BCUT2D eigenvalue weighted by atomic mass is 10.1. The summed E-state index contributed by atoms with van der Waals surface area (Å²) >= 11 is 1.35. The SMILES string of the molecule is Cc1ccc(-n2c(COc3c(C)cccc3C)nnc2SCC(=O)Nc2ccccc2C)cc1. The van der Waals surface area contributed by atoms with E-state index >= 15 is 0 Å². The molecule has 34 heavy (non-hydrogen) atoms. The first-order valence-corrected chi connectivity index (χ1v) is 12.1. The van der Waals surface area contributed by atoms with Gasteiger partial charge in [0.15, 0.2) is 11.0 Å². The van der Waals surface area contributed by atoms with Gasteiger partial charge in [-0.1, -0.05) is 65.9 Å². The molecule has 1 N–H and O–H groups in total. The molecule has 0 saturated heterocycles. The average molecular weight is 473 g/mol. The molecule has 174 valence electrons. The normalized spacial score (nSPS) is 10.8. The number of thioether (sulfide) groups is 1. The molecule has 4 aromatic rings. The maximum absolute atomic E-state index is 12.6. The number of anilines is 1. The zero-order valence-corrected chi connectivity index (χ0v) is 20.6. The number of para-hydroxylation sites is 2. The molecule has 1 amide bonds. The van der Waals surface area contributed by atoms with E-state index in [9.17, 15) is 4.79 Å². The third-order valence-corrected chi connectivity index (χ3v) is 6.43. The summed E-state index contributed by atoms with van der Waals surface area (Å²) in [6.45, 7) is 8.34. The number of amides is 1. The van der Waals surface area contributed by atoms with Crippen LogP contribution >= 0.6 is 11.8 Å². The van der Waals surface area contributed by atoms with Gasteiger partial charge in [-0.15, -0.1) is 10.2 Å². The van der Waals surface area contributed by atoms with Gasteiger partial charge in [0.25, 0.3) is 0 Å². The number of aromatic nitrogens is 3. The number of carbonyl (C=O) groups excluding carboxylic acids is 1. The molecule has 0 aliphatic rings. The highest BCUT2D eigenvalue weighted by Gasteiger charge is 2.17. The minimum Gasteiger partial charge on any atom is -0.485 e. The Bertz CT molecular complexity index is 1280. The number of ether oxygens (including phenoxy) is 1. The van der Waals surface area contributed by atoms with Crippen molar-refractivity contribution in [2.45, 2.75) is 39.5 Å². The highest BCUT2D eigenvalue weighted by Crippen LogP contribution is 2.26. The number of nitrogens with one attached hydrogen (secondary N) is 1. The van der Waals surface area contributed by atoms with Crippen LogP contribution in [0.1, 0.15) is 28.1 Å². The van der Waals surface area contributed by atoms with Gasteiger partial charge in [-0.05, 0) is 62.6 Å². The fraction of sp³-hybridized carbons (Fsp3) is 0.222. The molecule has 0 bridgehead atoms. The van der Waals surface area contributed by atoms with Crippen LogP contribution in [0.2, 0.25) is 0 Å². The van der Waals surface area contributed by atoms with E-state index in [2.05, 4.69) is 15.5 Å². The van der Waals surface area contributed by atoms with Crippen molar-refractivity contribution in [2.24, 2.45) is 0 Å². The maximum atomic E-state index is 12.6. The molecule has 1 aromatic heterocycles. The lowest BCUT2D eigenvalue weighted by molar-refractivity contribution is -0.113. The molecule has 0 aliphatic heterocycles. The van der Waals surface area contributed by atoms with Gasteiger partial charge in [0.1, 0.15) is 12.4 Å². The van der Waals surface area contributed by atoms with Crippen LogP contribution < -0.4 is 10.1 Å². The first-order chi connectivity index (χ1) is 16.4. The van der Waals surface area contributed by atoms with E-state index in [0.717, 1.165) is 39.4 Å². The number of hydrogen-bond donors (Lipinski definition) is 1. The number of carbonyl (C=O) groups is 1. The quantitative estimate of drug-likeness (QED) is 0.328. The maximum Gasteiger partial charge on any atom is 0.234 e. The first-order valence-electron chi connectivity index (χ1n) is 11.1. The zero-order valence-electron chi connectivity index (χ0n) is 19.8. The van der Waals surface area contributed by atoms with Crippen molar-refractivity contribution in [3.63, 3.8) is 0 Å². The van der Waals surface area contributed by atoms with Crippen LogP contribution in [-0.2, 0) is 11.4 Å². The Morgan fingerprint density at radius 1 is 0.882 bits per heavy atom. The largest absolute Gasteiger partial charge is 0.485 e. The number of hydrogen-bond acceptors (Lipinski definition) is 5. The molecule has 6 nitrogen and oxygen atoms in total. The van der Waals surface area contributed by atoms with E-state index in [1.807, 2.05) is 99.0 Å². The molecule has 0 fully saturated rings. The van der Waals surface area contributed by atoms with Crippen LogP contribution in [0.5, 0.6) is 5.75 Å². The number of benzene rings is 3. The summed E-state index contributed by atoms with van der Waals surface area (Å²) in [5.41, 5.74) is 6.08. The lowest BCUT2D eigenvalue weighted by Crippen LogP contribution is -2.15. The molecule has 0 atom stereocenters. The number of aryl methyl sites for hydroxylation is 4. The van der Waals surface area contributed by atoms with Gasteiger partial charge < -0.3 is 10.1 Å². The summed E-state index contributed by atoms with van der Waals surface area (Å²) in [7, 11) is 0. The van der Waals surface area contributed by atoms with Gasteiger partial charge >= 0.3 is 0 Å². The average Bonchev–Trinajstić information content (AvgIpc) is 3.22. The fourth-order valence-corrected chi connectivity index (χ4v) is 4.40. The summed E-state index contributed by atoms with van der Waals surface area (Å²) in [5, 5.41) is 12.4. The molecule has 4 rings (SSSR count). The van der Waals surface area contributed by atoms with E-state index in [-0.39, 0.29) is 18.3 Å². The standard InChI is InChI=1S/C27H28N4O2S/c1-18-12-14-22(15-13-18)31-24(16-33-26-20(3)9-7-10-21(26)4)29-30-27(31)34-17-25(32)28-23-11-6-5-8-19(23)2/h5-15H,16-17H2,1-4H3,(H,28,32). The van der Waals surface area contributed by atoms with E-state index in [0.29, 0.717) is 11.0 Å². The molecule has 7 heteroatoms. The minimum atomic E-state index is -0.0916. The summed E-state index contributed by atoms with van der Waals surface area (Å²) in [6.07, 6.45) is 0. The Morgan fingerprint density at radius 3 is 2.26 bits per heavy atom. The van der Waals surface area contributed by atoms with E-state index in [1.165, 1.54) is 11.8 Å². The monoisotopic (exact) mass is 472 g/mol. The molecule has 0 unspecified atom stereocenters.